The van der Waals surface area contributed by atoms with Gasteiger partial charge >= 0.3 is 6.03 Å². The van der Waals surface area contributed by atoms with E-state index >= 15 is 0 Å². The van der Waals surface area contributed by atoms with E-state index in [-0.39, 0.29) is 6.03 Å². The summed E-state index contributed by atoms with van der Waals surface area (Å²) in [7, 11) is 3.57. The maximum absolute atomic E-state index is 12.2. The van der Waals surface area contributed by atoms with Crippen LogP contribution in [0.4, 0.5) is 10.5 Å². The number of aromatic nitrogens is 2. The Bertz CT molecular complexity index is 603. The van der Waals surface area contributed by atoms with Gasteiger partial charge in [-0.1, -0.05) is 23.7 Å². The van der Waals surface area contributed by atoms with Crippen molar-refractivity contribution < 1.29 is 4.79 Å². The third kappa shape index (κ3) is 3.30. The highest BCUT2D eigenvalue weighted by molar-refractivity contribution is 6.33. The van der Waals surface area contributed by atoms with Gasteiger partial charge in [0.15, 0.2) is 0 Å². The molecule has 106 valence electrons. The minimum atomic E-state index is -0.204. The molecule has 0 bridgehead atoms. The molecule has 0 aliphatic rings. The van der Waals surface area contributed by atoms with Crippen LogP contribution in [0.2, 0.25) is 5.02 Å². The molecule has 2 rings (SSSR count). The first-order valence-corrected chi connectivity index (χ1v) is 6.60. The first kappa shape index (κ1) is 14.4. The Labute approximate surface area is 123 Å². The van der Waals surface area contributed by atoms with Gasteiger partial charge in [0.05, 0.1) is 23.5 Å². The molecule has 0 radical (unpaired) electrons. The van der Waals surface area contributed by atoms with Gasteiger partial charge in [-0.15, -0.1) is 0 Å². The fourth-order valence-electron chi connectivity index (χ4n) is 1.89. The van der Waals surface area contributed by atoms with E-state index in [1.54, 1.807) is 28.9 Å². The molecule has 1 N–H and O–H groups in total. The maximum Gasteiger partial charge on any atom is 0.321 e. The molecule has 0 saturated carbocycles. The van der Waals surface area contributed by atoms with Crippen LogP contribution < -0.4 is 5.32 Å². The number of anilines is 1. The molecule has 20 heavy (non-hydrogen) atoms. The second kappa shape index (κ2) is 5.96. The number of amides is 2. The van der Waals surface area contributed by atoms with Crippen molar-refractivity contribution in [3.05, 3.63) is 46.7 Å². The standard InChI is InChI=1S/C14H17ClN4O/c1-10-5-4-6-12(15)13(10)17-14(20)18(2)8-11-7-16-19(3)9-11/h4-7,9H,8H2,1-3H3,(H,17,20). The normalized spacial score (nSPS) is 10.4. The zero-order valence-electron chi connectivity index (χ0n) is 11.7. The van der Waals surface area contributed by atoms with Crippen LogP contribution in [-0.4, -0.2) is 27.8 Å². The number of nitrogens with one attached hydrogen (secondary N) is 1. The average molecular weight is 293 g/mol. The number of carbonyl (C=O) groups excluding carboxylic acids is 1. The number of hydrogen-bond acceptors (Lipinski definition) is 2. The molecule has 2 aromatic rings. The highest BCUT2D eigenvalue weighted by Gasteiger charge is 2.13. The quantitative estimate of drug-likeness (QED) is 0.945. The lowest BCUT2D eigenvalue weighted by atomic mass is 10.2. The summed E-state index contributed by atoms with van der Waals surface area (Å²) in [5.74, 6) is 0. The van der Waals surface area contributed by atoms with Crippen LogP contribution in [0.5, 0.6) is 0 Å². The molecule has 0 aliphatic heterocycles. The van der Waals surface area contributed by atoms with E-state index in [1.807, 2.05) is 32.3 Å². The van der Waals surface area contributed by atoms with Crippen LogP contribution in [0.25, 0.3) is 0 Å². The number of nitrogens with zero attached hydrogens (tertiary/aromatic N) is 3. The van der Waals surface area contributed by atoms with Gasteiger partial charge in [-0.3, -0.25) is 4.68 Å². The van der Waals surface area contributed by atoms with Crippen LogP contribution in [0.3, 0.4) is 0 Å². The van der Waals surface area contributed by atoms with E-state index in [0.29, 0.717) is 17.3 Å². The molecule has 2 amide bonds. The summed E-state index contributed by atoms with van der Waals surface area (Å²) >= 11 is 6.10. The third-order valence-corrected chi connectivity index (χ3v) is 3.29. The number of urea groups is 1. The lowest BCUT2D eigenvalue weighted by molar-refractivity contribution is 0.220. The third-order valence-electron chi connectivity index (χ3n) is 2.98. The first-order valence-electron chi connectivity index (χ1n) is 6.22. The summed E-state index contributed by atoms with van der Waals surface area (Å²) in [5, 5.41) is 7.45. The molecular formula is C14H17ClN4O. The Morgan fingerprint density at radius 1 is 1.50 bits per heavy atom. The summed E-state index contributed by atoms with van der Waals surface area (Å²) < 4.78 is 1.71. The van der Waals surface area contributed by atoms with Gasteiger partial charge in [-0.05, 0) is 18.6 Å². The second-order valence-corrected chi connectivity index (χ2v) is 5.15. The highest BCUT2D eigenvalue weighted by atomic mass is 35.5. The SMILES string of the molecule is Cc1cccc(Cl)c1NC(=O)N(C)Cc1cnn(C)c1. The van der Waals surface area contributed by atoms with Crippen LogP contribution >= 0.6 is 11.6 Å². The summed E-state index contributed by atoms with van der Waals surface area (Å²) in [5.41, 5.74) is 2.55. The number of benzene rings is 1. The van der Waals surface area contributed by atoms with E-state index in [1.165, 1.54) is 0 Å². The molecule has 1 heterocycles. The minimum Gasteiger partial charge on any atom is -0.323 e. The molecule has 1 aromatic heterocycles. The maximum atomic E-state index is 12.2. The van der Waals surface area contributed by atoms with Crippen LogP contribution in [-0.2, 0) is 13.6 Å². The van der Waals surface area contributed by atoms with Crippen molar-refractivity contribution in [1.82, 2.24) is 14.7 Å². The zero-order valence-corrected chi connectivity index (χ0v) is 12.5. The Kier molecular flexibility index (Phi) is 4.29. The van der Waals surface area contributed by atoms with Crippen molar-refractivity contribution in [2.24, 2.45) is 7.05 Å². The molecule has 6 heteroatoms. The molecule has 0 unspecified atom stereocenters. The number of hydrogen-bond donors (Lipinski definition) is 1. The number of para-hydroxylation sites is 1. The topological polar surface area (TPSA) is 50.2 Å². The lowest BCUT2D eigenvalue weighted by Gasteiger charge is -2.18. The largest absolute Gasteiger partial charge is 0.323 e. The fourth-order valence-corrected chi connectivity index (χ4v) is 2.16. The van der Waals surface area contributed by atoms with Crippen molar-refractivity contribution in [3.8, 4) is 0 Å². The molecule has 5 nitrogen and oxygen atoms in total. The van der Waals surface area contributed by atoms with Gasteiger partial charge in [0.1, 0.15) is 0 Å². The molecule has 0 aliphatic carbocycles. The first-order chi connectivity index (χ1) is 9.47. The number of rotatable bonds is 3. The summed E-state index contributed by atoms with van der Waals surface area (Å²) in [6.07, 6.45) is 3.62. The molecular weight excluding hydrogens is 276 g/mol. The fraction of sp³-hybridized carbons (Fsp3) is 0.286. The Hall–Kier alpha value is -2.01. The molecule has 0 saturated heterocycles. The number of aryl methyl sites for hydroxylation is 2. The zero-order chi connectivity index (χ0) is 14.7. The van der Waals surface area contributed by atoms with E-state index in [2.05, 4.69) is 10.4 Å². The predicted octanol–water partition coefficient (Wildman–Crippen LogP) is 3.05. The highest BCUT2D eigenvalue weighted by Crippen LogP contribution is 2.25. The van der Waals surface area contributed by atoms with Gasteiger partial charge in [-0.2, -0.15) is 5.10 Å². The van der Waals surface area contributed by atoms with Crippen molar-refractivity contribution >= 4 is 23.3 Å². The molecule has 0 fully saturated rings. The van der Waals surface area contributed by atoms with E-state index in [4.69, 9.17) is 11.6 Å². The van der Waals surface area contributed by atoms with Gasteiger partial charge in [0, 0.05) is 25.9 Å². The van der Waals surface area contributed by atoms with Gasteiger partial charge in [0.25, 0.3) is 0 Å². The van der Waals surface area contributed by atoms with Gasteiger partial charge in [0.2, 0.25) is 0 Å². The summed E-state index contributed by atoms with van der Waals surface area (Å²) in [6.45, 7) is 2.39. The van der Waals surface area contributed by atoms with Gasteiger partial charge in [-0.25, -0.2) is 4.79 Å². The van der Waals surface area contributed by atoms with E-state index in [9.17, 15) is 4.79 Å². The molecule has 0 atom stereocenters. The lowest BCUT2D eigenvalue weighted by Crippen LogP contribution is -2.31. The van der Waals surface area contributed by atoms with Gasteiger partial charge < -0.3 is 10.2 Å². The van der Waals surface area contributed by atoms with Crippen molar-refractivity contribution in [3.63, 3.8) is 0 Å². The van der Waals surface area contributed by atoms with Crippen LogP contribution in [0.1, 0.15) is 11.1 Å². The van der Waals surface area contributed by atoms with Crippen molar-refractivity contribution in [1.29, 1.82) is 0 Å². The Balaban J connectivity index is 2.04. The Morgan fingerprint density at radius 3 is 2.85 bits per heavy atom. The van der Waals surface area contributed by atoms with Crippen LogP contribution in [0, 0.1) is 6.92 Å². The predicted molar refractivity (Wildman–Crippen MR) is 79.9 cm³/mol. The number of carbonyl (C=O) groups is 1. The Morgan fingerprint density at radius 2 is 2.25 bits per heavy atom. The average Bonchev–Trinajstić information content (AvgIpc) is 2.79. The van der Waals surface area contributed by atoms with Crippen molar-refractivity contribution in [2.75, 3.05) is 12.4 Å². The van der Waals surface area contributed by atoms with E-state index in [0.717, 1.165) is 11.1 Å². The smallest absolute Gasteiger partial charge is 0.321 e. The summed E-state index contributed by atoms with van der Waals surface area (Å²) in [6, 6.07) is 5.31. The van der Waals surface area contributed by atoms with Crippen molar-refractivity contribution in [2.45, 2.75) is 13.5 Å². The molecule has 0 spiro atoms. The second-order valence-electron chi connectivity index (χ2n) is 4.74. The van der Waals surface area contributed by atoms with Crippen LogP contribution in [0.15, 0.2) is 30.6 Å². The monoisotopic (exact) mass is 292 g/mol. The molecule has 1 aromatic carbocycles. The number of halogens is 1. The summed E-state index contributed by atoms with van der Waals surface area (Å²) in [4.78, 5) is 13.7. The van der Waals surface area contributed by atoms with E-state index < -0.39 is 0 Å². The minimum absolute atomic E-state index is 0.204.